The van der Waals surface area contributed by atoms with Gasteiger partial charge >= 0.3 is 6.18 Å². The minimum atomic E-state index is -4.17. The van der Waals surface area contributed by atoms with Gasteiger partial charge in [0.2, 0.25) is 5.91 Å². The molecule has 0 heterocycles. The minimum Gasteiger partial charge on any atom is -0.348 e. The molecule has 6 heteroatoms. The molecule has 1 aliphatic carbocycles. The molecule has 2 atom stereocenters. The summed E-state index contributed by atoms with van der Waals surface area (Å²) in [5.41, 5.74) is 0. The third-order valence-electron chi connectivity index (χ3n) is 3.20. The zero-order valence-electron chi connectivity index (χ0n) is 10.2. The van der Waals surface area contributed by atoms with Gasteiger partial charge in [-0.25, -0.2) is 0 Å². The Labute approximate surface area is 99.4 Å². The lowest BCUT2D eigenvalue weighted by molar-refractivity contribution is -0.189. The third-order valence-corrected chi connectivity index (χ3v) is 3.20. The molecule has 1 N–H and O–H groups in total. The highest BCUT2D eigenvalue weighted by Crippen LogP contribution is 2.37. The molecule has 0 aliphatic heterocycles. The van der Waals surface area contributed by atoms with Crippen LogP contribution in [0.15, 0.2) is 0 Å². The van der Waals surface area contributed by atoms with Crippen molar-refractivity contribution in [3.8, 4) is 0 Å². The van der Waals surface area contributed by atoms with Gasteiger partial charge in [-0.15, -0.1) is 0 Å². The van der Waals surface area contributed by atoms with E-state index in [0.29, 0.717) is 12.8 Å². The maximum atomic E-state index is 12.7. The Morgan fingerprint density at radius 1 is 1.29 bits per heavy atom. The van der Waals surface area contributed by atoms with Crippen LogP contribution in [0.1, 0.15) is 25.7 Å². The van der Waals surface area contributed by atoms with Crippen LogP contribution in [-0.4, -0.2) is 43.7 Å². The topological polar surface area (TPSA) is 32.3 Å². The Hall–Kier alpha value is -0.780. The molecule has 0 spiro atoms. The predicted molar refractivity (Wildman–Crippen MR) is 58.5 cm³/mol. The van der Waals surface area contributed by atoms with Crippen molar-refractivity contribution in [3.63, 3.8) is 0 Å². The third kappa shape index (κ3) is 4.18. The number of carbonyl (C=O) groups excluding carboxylic acids is 1. The largest absolute Gasteiger partial charge is 0.393 e. The number of nitrogens with one attached hydrogen (secondary N) is 1. The summed E-state index contributed by atoms with van der Waals surface area (Å²) in [7, 11) is 3.18. The molecule has 1 saturated carbocycles. The van der Waals surface area contributed by atoms with Gasteiger partial charge in [-0.05, 0) is 12.8 Å². The molecule has 1 amide bonds. The van der Waals surface area contributed by atoms with Crippen molar-refractivity contribution < 1.29 is 18.0 Å². The lowest BCUT2D eigenvalue weighted by Gasteiger charge is -2.33. The van der Waals surface area contributed by atoms with Gasteiger partial charge in [0.05, 0.1) is 12.5 Å². The Morgan fingerprint density at radius 2 is 1.88 bits per heavy atom. The van der Waals surface area contributed by atoms with Gasteiger partial charge in [0.1, 0.15) is 0 Å². The summed E-state index contributed by atoms with van der Waals surface area (Å²) < 4.78 is 38.2. The van der Waals surface area contributed by atoms with Crippen molar-refractivity contribution in [1.29, 1.82) is 0 Å². The van der Waals surface area contributed by atoms with E-state index in [9.17, 15) is 18.0 Å². The fourth-order valence-corrected chi connectivity index (χ4v) is 2.14. The molecule has 1 rings (SSSR count). The summed E-state index contributed by atoms with van der Waals surface area (Å²) in [6.45, 7) is -0.0236. The van der Waals surface area contributed by atoms with Gasteiger partial charge in [0.25, 0.3) is 0 Å². The van der Waals surface area contributed by atoms with Gasteiger partial charge in [0, 0.05) is 20.1 Å². The van der Waals surface area contributed by atoms with Gasteiger partial charge in [-0.2, -0.15) is 13.2 Å². The highest BCUT2D eigenvalue weighted by atomic mass is 19.4. The van der Waals surface area contributed by atoms with Crippen LogP contribution in [0.4, 0.5) is 13.2 Å². The first-order chi connectivity index (χ1) is 7.82. The predicted octanol–water partition coefficient (Wildman–Crippen LogP) is 1.79. The highest BCUT2D eigenvalue weighted by Gasteiger charge is 2.45. The van der Waals surface area contributed by atoms with E-state index in [0.717, 1.165) is 6.42 Å². The summed E-state index contributed by atoms with van der Waals surface area (Å²) in [5.74, 6) is -1.51. The molecular formula is C11H19F3N2O. The van der Waals surface area contributed by atoms with Crippen LogP contribution in [0, 0.1) is 5.92 Å². The fraction of sp³-hybridized carbons (Fsp3) is 0.909. The molecule has 0 radical (unpaired) electrons. The van der Waals surface area contributed by atoms with E-state index >= 15 is 0 Å². The number of rotatable bonds is 3. The van der Waals surface area contributed by atoms with Crippen molar-refractivity contribution in [3.05, 3.63) is 0 Å². The lowest BCUT2D eigenvalue weighted by Crippen LogP contribution is -2.48. The van der Waals surface area contributed by atoms with Crippen LogP contribution >= 0.6 is 0 Å². The van der Waals surface area contributed by atoms with Crippen molar-refractivity contribution in [2.24, 2.45) is 5.92 Å². The van der Waals surface area contributed by atoms with E-state index < -0.39 is 18.1 Å². The maximum absolute atomic E-state index is 12.7. The van der Waals surface area contributed by atoms with Crippen molar-refractivity contribution in [2.75, 3.05) is 20.6 Å². The van der Waals surface area contributed by atoms with E-state index in [1.165, 1.54) is 4.90 Å². The van der Waals surface area contributed by atoms with E-state index in [1.54, 1.807) is 14.1 Å². The number of likely N-dealkylation sites (N-methyl/N-ethyl adjacent to an activating group) is 1. The summed E-state index contributed by atoms with van der Waals surface area (Å²) in [6, 6.07) is -0.618. The van der Waals surface area contributed by atoms with Gasteiger partial charge in [-0.3, -0.25) is 4.79 Å². The average molecular weight is 252 g/mol. The SMILES string of the molecule is CN(C)C(=O)CNC1CCCCC1C(F)(F)F. The van der Waals surface area contributed by atoms with Crippen LogP contribution in [-0.2, 0) is 4.79 Å². The number of halogens is 3. The Kier molecular flexibility index (Phi) is 4.80. The highest BCUT2D eigenvalue weighted by molar-refractivity contribution is 5.77. The minimum absolute atomic E-state index is 0.0236. The molecular weight excluding hydrogens is 233 g/mol. The number of hydrogen-bond donors (Lipinski definition) is 1. The smallest absolute Gasteiger partial charge is 0.348 e. The molecule has 1 fully saturated rings. The molecule has 0 aromatic carbocycles. The van der Waals surface area contributed by atoms with E-state index in [1.807, 2.05) is 0 Å². The average Bonchev–Trinajstić information content (AvgIpc) is 2.24. The first-order valence-corrected chi connectivity index (χ1v) is 5.82. The molecule has 0 bridgehead atoms. The zero-order chi connectivity index (χ0) is 13.1. The molecule has 100 valence electrons. The molecule has 2 unspecified atom stereocenters. The first kappa shape index (κ1) is 14.3. The van der Waals surface area contributed by atoms with Crippen LogP contribution in [0.25, 0.3) is 0 Å². The van der Waals surface area contributed by atoms with Crippen LogP contribution in [0.3, 0.4) is 0 Å². The van der Waals surface area contributed by atoms with Crippen LogP contribution in [0.2, 0.25) is 0 Å². The van der Waals surface area contributed by atoms with E-state index in [4.69, 9.17) is 0 Å². The summed E-state index contributed by atoms with van der Waals surface area (Å²) in [6.07, 6.45) is -2.11. The quantitative estimate of drug-likeness (QED) is 0.830. The maximum Gasteiger partial charge on any atom is 0.393 e. The van der Waals surface area contributed by atoms with E-state index in [-0.39, 0.29) is 18.9 Å². The van der Waals surface area contributed by atoms with Gasteiger partial charge in [0.15, 0.2) is 0 Å². The molecule has 17 heavy (non-hydrogen) atoms. The first-order valence-electron chi connectivity index (χ1n) is 5.82. The number of carbonyl (C=O) groups is 1. The number of amides is 1. The summed E-state index contributed by atoms with van der Waals surface area (Å²) in [4.78, 5) is 12.7. The number of hydrogen-bond acceptors (Lipinski definition) is 2. The summed E-state index contributed by atoms with van der Waals surface area (Å²) in [5, 5.41) is 2.75. The van der Waals surface area contributed by atoms with E-state index in [2.05, 4.69) is 5.32 Å². The molecule has 3 nitrogen and oxygen atoms in total. The van der Waals surface area contributed by atoms with Crippen molar-refractivity contribution in [2.45, 2.75) is 37.9 Å². The lowest BCUT2D eigenvalue weighted by atomic mass is 9.84. The molecule has 1 aliphatic rings. The number of alkyl halides is 3. The second kappa shape index (κ2) is 5.71. The summed E-state index contributed by atoms with van der Waals surface area (Å²) >= 11 is 0. The van der Waals surface area contributed by atoms with Crippen LogP contribution in [0.5, 0.6) is 0 Å². The van der Waals surface area contributed by atoms with Crippen molar-refractivity contribution in [1.82, 2.24) is 10.2 Å². The number of nitrogens with zero attached hydrogens (tertiary/aromatic N) is 1. The molecule has 0 aromatic rings. The second-order valence-corrected chi connectivity index (χ2v) is 4.71. The molecule has 0 saturated heterocycles. The standard InChI is InChI=1S/C11H19F3N2O/c1-16(2)10(17)7-15-9-6-4-3-5-8(9)11(12,13)14/h8-9,15H,3-7H2,1-2H3. The zero-order valence-corrected chi connectivity index (χ0v) is 10.2. The Balaban J connectivity index is 2.52. The normalized spacial score (nSPS) is 25.7. The Morgan fingerprint density at radius 3 is 2.41 bits per heavy atom. The molecule has 0 aromatic heterocycles. The van der Waals surface area contributed by atoms with Gasteiger partial charge in [-0.1, -0.05) is 12.8 Å². The monoisotopic (exact) mass is 252 g/mol. The second-order valence-electron chi connectivity index (χ2n) is 4.71. The van der Waals surface area contributed by atoms with Crippen molar-refractivity contribution >= 4 is 5.91 Å². The van der Waals surface area contributed by atoms with Gasteiger partial charge < -0.3 is 10.2 Å². The fourth-order valence-electron chi connectivity index (χ4n) is 2.14. The Bertz CT molecular complexity index is 266. The van der Waals surface area contributed by atoms with Crippen LogP contribution < -0.4 is 5.32 Å².